The van der Waals surface area contributed by atoms with E-state index >= 15 is 0 Å². The van der Waals surface area contributed by atoms with Crippen LogP contribution in [0.1, 0.15) is 18.4 Å². The van der Waals surface area contributed by atoms with Gasteiger partial charge in [-0.3, -0.25) is 0 Å². The summed E-state index contributed by atoms with van der Waals surface area (Å²) in [4.78, 5) is 0.602. The molecule has 0 heterocycles. The van der Waals surface area contributed by atoms with Crippen molar-refractivity contribution in [3.63, 3.8) is 0 Å². The lowest BCUT2D eigenvalue weighted by molar-refractivity contribution is -0.134. The first-order valence-corrected chi connectivity index (χ1v) is 6.23. The zero-order valence-corrected chi connectivity index (χ0v) is 10.6. The maximum absolute atomic E-state index is 12.0. The van der Waals surface area contributed by atoms with Crippen molar-refractivity contribution in [3.05, 3.63) is 23.8 Å². The molecule has 2 nitrogen and oxygen atoms in total. The van der Waals surface area contributed by atoms with Crippen LogP contribution in [0.5, 0.6) is 5.75 Å². The van der Waals surface area contributed by atoms with Crippen molar-refractivity contribution in [1.29, 1.82) is 5.26 Å². The van der Waals surface area contributed by atoms with Crippen molar-refractivity contribution in [1.82, 2.24) is 0 Å². The summed E-state index contributed by atoms with van der Waals surface area (Å²) in [7, 11) is 1.47. The summed E-state index contributed by atoms with van der Waals surface area (Å²) < 4.78 is 41.0. The normalized spacial score (nSPS) is 11.1. The van der Waals surface area contributed by atoms with Crippen molar-refractivity contribution in [3.8, 4) is 11.8 Å². The van der Waals surface area contributed by atoms with Gasteiger partial charge in [0.1, 0.15) is 11.8 Å². The fourth-order valence-corrected chi connectivity index (χ4v) is 2.42. The van der Waals surface area contributed by atoms with Gasteiger partial charge < -0.3 is 4.74 Å². The minimum atomic E-state index is -4.13. The molecule has 0 aliphatic carbocycles. The number of benzene rings is 1. The summed E-state index contributed by atoms with van der Waals surface area (Å²) in [6.07, 6.45) is -4.91. The molecule has 0 aliphatic heterocycles. The van der Waals surface area contributed by atoms with Crippen LogP contribution in [0.25, 0.3) is 0 Å². The van der Waals surface area contributed by atoms with E-state index < -0.39 is 12.6 Å². The van der Waals surface area contributed by atoms with Gasteiger partial charge in [-0.25, -0.2) is 0 Å². The zero-order valence-electron chi connectivity index (χ0n) is 9.75. The van der Waals surface area contributed by atoms with Crippen LogP contribution < -0.4 is 4.74 Å². The first-order chi connectivity index (χ1) is 8.48. The number of nitriles is 1. The number of methoxy groups -OCH3 is 1. The van der Waals surface area contributed by atoms with E-state index in [1.54, 1.807) is 18.2 Å². The predicted octanol–water partition coefficient (Wildman–Crippen LogP) is 4.00. The van der Waals surface area contributed by atoms with Gasteiger partial charge in [0.15, 0.2) is 0 Å². The van der Waals surface area contributed by atoms with Gasteiger partial charge in [0.05, 0.1) is 17.6 Å². The lowest BCUT2D eigenvalue weighted by Crippen LogP contribution is -2.07. The molecule has 0 aromatic heterocycles. The molecular formula is C12H12F3NOS. The molecule has 0 saturated heterocycles. The molecule has 0 unspecified atom stereocenters. The van der Waals surface area contributed by atoms with Gasteiger partial charge >= 0.3 is 6.18 Å². The Kier molecular flexibility index (Phi) is 5.35. The molecule has 0 amide bonds. The van der Waals surface area contributed by atoms with Crippen LogP contribution in [-0.2, 0) is 0 Å². The highest BCUT2D eigenvalue weighted by molar-refractivity contribution is 7.99. The fraction of sp³-hybridized carbons (Fsp3) is 0.417. The molecule has 6 heteroatoms. The number of alkyl halides is 3. The first-order valence-electron chi connectivity index (χ1n) is 5.24. The molecule has 1 rings (SSSR count). The quantitative estimate of drug-likeness (QED) is 0.601. The molecule has 0 atom stereocenters. The minimum absolute atomic E-state index is 0.0249. The van der Waals surface area contributed by atoms with Crippen LogP contribution in [0.4, 0.5) is 13.2 Å². The molecule has 0 fully saturated rings. The molecule has 0 N–H and O–H groups in total. The van der Waals surface area contributed by atoms with E-state index in [0.717, 1.165) is 0 Å². The molecule has 18 heavy (non-hydrogen) atoms. The van der Waals surface area contributed by atoms with Gasteiger partial charge in [-0.2, -0.15) is 18.4 Å². The van der Waals surface area contributed by atoms with Gasteiger partial charge in [0.2, 0.25) is 0 Å². The van der Waals surface area contributed by atoms with E-state index in [0.29, 0.717) is 22.0 Å². The standard InChI is InChI=1S/C12H12F3NOS/c1-17-10-5-2-4-9(8-16)11(10)18-7-3-6-12(13,14)15/h2,4-5H,3,6-7H2,1H3. The van der Waals surface area contributed by atoms with E-state index in [9.17, 15) is 13.2 Å². The summed E-state index contributed by atoms with van der Waals surface area (Å²) in [6, 6.07) is 6.99. The van der Waals surface area contributed by atoms with Crippen LogP contribution in [0.2, 0.25) is 0 Å². The highest BCUT2D eigenvalue weighted by Gasteiger charge is 2.26. The smallest absolute Gasteiger partial charge is 0.389 e. The van der Waals surface area contributed by atoms with Crippen molar-refractivity contribution in [2.75, 3.05) is 12.9 Å². The minimum Gasteiger partial charge on any atom is -0.496 e. The molecule has 1 aromatic rings. The summed E-state index contributed by atoms with van der Waals surface area (Å²) in [5, 5.41) is 8.93. The van der Waals surface area contributed by atoms with E-state index in [1.165, 1.54) is 18.9 Å². The van der Waals surface area contributed by atoms with Crippen LogP contribution in [0, 0.1) is 11.3 Å². The SMILES string of the molecule is COc1cccc(C#N)c1SCCCC(F)(F)F. The van der Waals surface area contributed by atoms with Crippen molar-refractivity contribution < 1.29 is 17.9 Å². The third kappa shape index (κ3) is 4.49. The Hall–Kier alpha value is -1.35. The second-order valence-corrected chi connectivity index (χ2v) is 4.62. The molecular weight excluding hydrogens is 263 g/mol. The first kappa shape index (κ1) is 14.7. The summed E-state index contributed by atoms with van der Waals surface area (Å²) in [5.74, 6) is 0.820. The largest absolute Gasteiger partial charge is 0.496 e. The van der Waals surface area contributed by atoms with Gasteiger partial charge in [-0.05, 0) is 24.3 Å². The Bertz CT molecular complexity index is 440. The Morgan fingerprint density at radius 2 is 2.11 bits per heavy atom. The average molecular weight is 275 g/mol. The maximum atomic E-state index is 12.0. The lowest BCUT2D eigenvalue weighted by Gasteiger charge is -2.10. The van der Waals surface area contributed by atoms with E-state index in [2.05, 4.69) is 0 Å². The second kappa shape index (κ2) is 6.55. The molecule has 0 aliphatic rings. The van der Waals surface area contributed by atoms with E-state index in [-0.39, 0.29) is 6.42 Å². The molecule has 98 valence electrons. The number of halogens is 3. The van der Waals surface area contributed by atoms with Gasteiger partial charge in [-0.15, -0.1) is 11.8 Å². The van der Waals surface area contributed by atoms with Crippen molar-refractivity contribution in [2.45, 2.75) is 23.9 Å². The molecule has 1 aromatic carbocycles. The summed E-state index contributed by atoms with van der Waals surface area (Å²) in [5.41, 5.74) is 0.423. The van der Waals surface area contributed by atoms with Crippen LogP contribution in [0.15, 0.2) is 23.1 Å². The van der Waals surface area contributed by atoms with Crippen LogP contribution >= 0.6 is 11.8 Å². The predicted molar refractivity (Wildman–Crippen MR) is 63.7 cm³/mol. The van der Waals surface area contributed by atoms with E-state index in [4.69, 9.17) is 10.00 Å². The van der Waals surface area contributed by atoms with Gasteiger partial charge in [0, 0.05) is 6.42 Å². The number of ether oxygens (including phenoxy) is 1. The second-order valence-electron chi connectivity index (χ2n) is 3.52. The number of nitrogens with zero attached hydrogens (tertiary/aromatic N) is 1. The van der Waals surface area contributed by atoms with Crippen molar-refractivity contribution >= 4 is 11.8 Å². The van der Waals surface area contributed by atoms with Gasteiger partial charge in [0.25, 0.3) is 0 Å². The Morgan fingerprint density at radius 3 is 2.67 bits per heavy atom. The third-order valence-corrected chi connectivity index (χ3v) is 3.37. The highest BCUT2D eigenvalue weighted by Crippen LogP contribution is 2.33. The molecule has 0 radical (unpaired) electrons. The number of hydrogen-bond donors (Lipinski definition) is 0. The third-order valence-electron chi connectivity index (χ3n) is 2.17. The lowest BCUT2D eigenvalue weighted by atomic mass is 10.2. The Balaban J connectivity index is 2.64. The topological polar surface area (TPSA) is 33.0 Å². The highest BCUT2D eigenvalue weighted by atomic mass is 32.2. The van der Waals surface area contributed by atoms with E-state index in [1.807, 2.05) is 6.07 Å². The van der Waals surface area contributed by atoms with Crippen molar-refractivity contribution in [2.24, 2.45) is 0 Å². The number of hydrogen-bond acceptors (Lipinski definition) is 3. The summed E-state index contributed by atoms with van der Waals surface area (Å²) >= 11 is 1.22. The zero-order chi connectivity index (χ0) is 13.6. The van der Waals surface area contributed by atoms with Crippen LogP contribution in [0.3, 0.4) is 0 Å². The van der Waals surface area contributed by atoms with Gasteiger partial charge in [-0.1, -0.05) is 6.07 Å². The monoisotopic (exact) mass is 275 g/mol. The Labute approximate surface area is 108 Å². The average Bonchev–Trinajstić information content (AvgIpc) is 2.33. The number of thioether (sulfide) groups is 1. The molecule has 0 spiro atoms. The molecule has 0 bridgehead atoms. The van der Waals surface area contributed by atoms with Crippen LogP contribution in [-0.4, -0.2) is 19.0 Å². The maximum Gasteiger partial charge on any atom is 0.389 e. The Morgan fingerprint density at radius 1 is 1.39 bits per heavy atom. The summed E-state index contributed by atoms with van der Waals surface area (Å²) in [6.45, 7) is 0. The fourth-order valence-electron chi connectivity index (χ4n) is 1.36. The number of rotatable bonds is 5. The molecule has 0 saturated carbocycles.